The van der Waals surface area contributed by atoms with E-state index in [0.29, 0.717) is 13.0 Å². The molecule has 1 aromatic heterocycles. The lowest BCUT2D eigenvalue weighted by Crippen LogP contribution is -2.22. The van der Waals surface area contributed by atoms with Gasteiger partial charge in [0.2, 0.25) is 5.91 Å². The van der Waals surface area contributed by atoms with Gasteiger partial charge in [0.25, 0.3) is 0 Å². The minimum Gasteiger partial charge on any atom is -0.481 e. The number of aliphatic carboxylic acids is 1. The van der Waals surface area contributed by atoms with E-state index in [2.05, 4.69) is 10.3 Å². The molecule has 0 aliphatic carbocycles. The zero-order valence-corrected chi connectivity index (χ0v) is 10.3. The van der Waals surface area contributed by atoms with Crippen molar-refractivity contribution in [3.8, 4) is 0 Å². The molecule has 6 heteroatoms. The van der Waals surface area contributed by atoms with Crippen molar-refractivity contribution < 1.29 is 14.7 Å². The quantitative estimate of drug-likeness (QED) is 0.595. The van der Waals surface area contributed by atoms with Gasteiger partial charge in [0.05, 0.1) is 10.7 Å². The van der Waals surface area contributed by atoms with E-state index in [1.54, 1.807) is 6.08 Å². The van der Waals surface area contributed by atoms with Crippen molar-refractivity contribution in [2.75, 3.05) is 6.54 Å². The van der Waals surface area contributed by atoms with Crippen LogP contribution in [0.1, 0.15) is 23.5 Å². The van der Waals surface area contributed by atoms with Crippen LogP contribution < -0.4 is 5.32 Å². The standard InChI is InChI=1S/C11H14N2O3S/c1-8-13-9(7-17-8)4-5-10(14)12-6-2-3-11(15)16/h4-5,7H,2-3,6H2,1H3,(H,12,14)(H,15,16)/b5-4+. The van der Waals surface area contributed by atoms with E-state index in [1.165, 1.54) is 17.4 Å². The van der Waals surface area contributed by atoms with Gasteiger partial charge < -0.3 is 10.4 Å². The summed E-state index contributed by atoms with van der Waals surface area (Å²) in [6.45, 7) is 2.26. The minimum absolute atomic E-state index is 0.0648. The van der Waals surface area contributed by atoms with Crippen LogP contribution in [0, 0.1) is 6.92 Å². The number of carboxylic acids is 1. The Morgan fingerprint density at radius 1 is 1.59 bits per heavy atom. The largest absolute Gasteiger partial charge is 0.481 e. The molecule has 0 bridgehead atoms. The van der Waals surface area contributed by atoms with Crippen LogP contribution in [0.25, 0.3) is 6.08 Å². The number of nitrogens with zero attached hydrogens (tertiary/aromatic N) is 1. The van der Waals surface area contributed by atoms with E-state index in [-0.39, 0.29) is 12.3 Å². The molecule has 1 rings (SSSR count). The summed E-state index contributed by atoms with van der Waals surface area (Å²) in [6, 6.07) is 0. The maximum atomic E-state index is 11.3. The molecule has 1 heterocycles. The number of aromatic nitrogens is 1. The number of hydrogen-bond acceptors (Lipinski definition) is 4. The third kappa shape index (κ3) is 5.82. The van der Waals surface area contributed by atoms with Crippen LogP contribution in [0.3, 0.4) is 0 Å². The third-order valence-corrected chi connectivity index (χ3v) is 2.70. The fraction of sp³-hybridized carbons (Fsp3) is 0.364. The molecule has 0 fully saturated rings. The number of thiazole rings is 1. The van der Waals surface area contributed by atoms with Gasteiger partial charge in [-0.15, -0.1) is 11.3 Å². The number of rotatable bonds is 6. The maximum absolute atomic E-state index is 11.3. The second-order valence-corrected chi connectivity index (χ2v) is 4.48. The van der Waals surface area contributed by atoms with Gasteiger partial charge in [-0.2, -0.15) is 0 Å². The average molecular weight is 254 g/mol. The summed E-state index contributed by atoms with van der Waals surface area (Å²) in [6.07, 6.45) is 3.53. The van der Waals surface area contributed by atoms with Gasteiger partial charge >= 0.3 is 5.97 Å². The Bertz CT molecular complexity index is 426. The second-order valence-electron chi connectivity index (χ2n) is 3.41. The van der Waals surface area contributed by atoms with Crippen molar-refractivity contribution in [1.82, 2.24) is 10.3 Å². The van der Waals surface area contributed by atoms with E-state index in [0.717, 1.165) is 10.7 Å². The molecule has 0 aliphatic heterocycles. The Morgan fingerprint density at radius 2 is 2.35 bits per heavy atom. The number of aryl methyl sites for hydroxylation is 1. The van der Waals surface area contributed by atoms with Crippen molar-refractivity contribution in [3.63, 3.8) is 0 Å². The third-order valence-electron chi connectivity index (χ3n) is 1.91. The van der Waals surface area contributed by atoms with Gasteiger partial charge in [-0.1, -0.05) is 0 Å². The highest BCUT2D eigenvalue weighted by atomic mass is 32.1. The Balaban J connectivity index is 2.25. The first-order valence-corrected chi connectivity index (χ1v) is 6.06. The highest BCUT2D eigenvalue weighted by Gasteiger charge is 1.99. The number of carbonyl (C=O) groups excluding carboxylic acids is 1. The molecule has 0 aromatic carbocycles. The van der Waals surface area contributed by atoms with E-state index in [1.807, 2.05) is 12.3 Å². The van der Waals surface area contributed by atoms with Crippen molar-refractivity contribution in [2.45, 2.75) is 19.8 Å². The minimum atomic E-state index is -0.854. The van der Waals surface area contributed by atoms with Gasteiger partial charge in [-0.05, 0) is 19.4 Å². The topological polar surface area (TPSA) is 79.3 Å². The lowest BCUT2D eigenvalue weighted by molar-refractivity contribution is -0.137. The number of carboxylic acid groups (broad SMARTS) is 1. The van der Waals surface area contributed by atoms with Crippen molar-refractivity contribution in [1.29, 1.82) is 0 Å². The fourth-order valence-corrected chi connectivity index (χ4v) is 1.71. The summed E-state index contributed by atoms with van der Waals surface area (Å²) in [5.41, 5.74) is 0.758. The Morgan fingerprint density at radius 3 is 2.94 bits per heavy atom. The molecular formula is C11H14N2O3S. The highest BCUT2D eigenvalue weighted by molar-refractivity contribution is 7.09. The SMILES string of the molecule is Cc1nc(/C=C/C(=O)NCCCC(=O)O)cs1. The van der Waals surface area contributed by atoms with Crippen LogP contribution in [0.15, 0.2) is 11.5 Å². The van der Waals surface area contributed by atoms with Crippen LogP contribution >= 0.6 is 11.3 Å². The predicted molar refractivity (Wildman–Crippen MR) is 65.8 cm³/mol. The molecule has 92 valence electrons. The van der Waals surface area contributed by atoms with Crippen LogP contribution in [-0.4, -0.2) is 28.5 Å². The van der Waals surface area contributed by atoms with Crippen LogP contribution in [-0.2, 0) is 9.59 Å². The average Bonchev–Trinajstić information content (AvgIpc) is 2.67. The van der Waals surface area contributed by atoms with Crippen molar-refractivity contribution >= 4 is 29.3 Å². The van der Waals surface area contributed by atoms with E-state index >= 15 is 0 Å². The lowest BCUT2D eigenvalue weighted by Gasteiger charge is -1.99. The normalized spacial score (nSPS) is 10.6. The summed E-state index contributed by atoms with van der Waals surface area (Å²) in [5.74, 6) is -1.09. The first-order chi connectivity index (χ1) is 8.08. The molecule has 0 saturated carbocycles. The zero-order valence-electron chi connectivity index (χ0n) is 9.47. The molecule has 17 heavy (non-hydrogen) atoms. The van der Waals surface area contributed by atoms with Crippen molar-refractivity contribution in [3.05, 3.63) is 22.2 Å². The maximum Gasteiger partial charge on any atom is 0.303 e. The number of nitrogens with one attached hydrogen (secondary N) is 1. The molecule has 0 aliphatic rings. The van der Waals surface area contributed by atoms with E-state index in [4.69, 9.17) is 5.11 Å². The lowest BCUT2D eigenvalue weighted by atomic mass is 10.3. The Kier molecular flexibility index (Phi) is 5.35. The van der Waals surface area contributed by atoms with Gasteiger partial charge in [-0.3, -0.25) is 9.59 Å². The zero-order chi connectivity index (χ0) is 12.7. The first-order valence-electron chi connectivity index (χ1n) is 5.18. The number of carbonyl (C=O) groups is 2. The second kappa shape index (κ2) is 6.80. The Labute approximate surface area is 103 Å². The summed E-state index contributed by atoms with van der Waals surface area (Å²) in [4.78, 5) is 25.7. The number of hydrogen-bond donors (Lipinski definition) is 2. The summed E-state index contributed by atoms with van der Waals surface area (Å²) >= 11 is 1.52. The summed E-state index contributed by atoms with van der Waals surface area (Å²) in [5, 5.41) is 13.8. The number of amides is 1. The molecule has 0 radical (unpaired) electrons. The molecule has 0 saturated heterocycles. The molecular weight excluding hydrogens is 240 g/mol. The van der Waals surface area contributed by atoms with Crippen molar-refractivity contribution in [2.24, 2.45) is 0 Å². The van der Waals surface area contributed by atoms with Gasteiger partial charge in [0, 0.05) is 24.4 Å². The molecule has 2 N–H and O–H groups in total. The smallest absolute Gasteiger partial charge is 0.303 e. The van der Waals surface area contributed by atoms with Gasteiger partial charge in [0.15, 0.2) is 0 Å². The molecule has 0 atom stereocenters. The Hall–Kier alpha value is -1.69. The molecule has 5 nitrogen and oxygen atoms in total. The summed E-state index contributed by atoms with van der Waals surface area (Å²) < 4.78 is 0. The van der Waals surface area contributed by atoms with Crippen LogP contribution in [0.2, 0.25) is 0 Å². The van der Waals surface area contributed by atoms with E-state index in [9.17, 15) is 9.59 Å². The van der Waals surface area contributed by atoms with Crippen LogP contribution in [0.5, 0.6) is 0 Å². The molecule has 1 aromatic rings. The first kappa shape index (κ1) is 13.4. The van der Waals surface area contributed by atoms with E-state index < -0.39 is 5.97 Å². The molecule has 0 spiro atoms. The monoisotopic (exact) mass is 254 g/mol. The van der Waals surface area contributed by atoms with Crippen LogP contribution in [0.4, 0.5) is 0 Å². The highest BCUT2D eigenvalue weighted by Crippen LogP contribution is 2.08. The molecule has 0 unspecified atom stereocenters. The fourth-order valence-electron chi connectivity index (χ4n) is 1.13. The molecule has 1 amide bonds. The van der Waals surface area contributed by atoms with Gasteiger partial charge in [-0.25, -0.2) is 4.98 Å². The summed E-state index contributed by atoms with van der Waals surface area (Å²) in [7, 11) is 0. The predicted octanol–water partition coefficient (Wildman–Crippen LogP) is 1.45. The van der Waals surface area contributed by atoms with Gasteiger partial charge in [0.1, 0.15) is 0 Å².